The van der Waals surface area contributed by atoms with Crippen LogP contribution in [0.15, 0.2) is 21.1 Å². The van der Waals surface area contributed by atoms with Crippen LogP contribution in [0.5, 0.6) is 5.75 Å². The standard InChI is InChI=1S/C14H19Br2NO2/c1-19-13-11(15)6-10(7-12(13)16)8-17-9-14(18)4-2-3-5-14/h6-7,17-18H,2-5,8-9H2,1H3. The first-order valence-corrected chi connectivity index (χ1v) is 8.08. The maximum absolute atomic E-state index is 10.3. The first-order valence-electron chi connectivity index (χ1n) is 6.49. The van der Waals surface area contributed by atoms with E-state index in [1.165, 1.54) is 0 Å². The Balaban J connectivity index is 1.93. The van der Waals surface area contributed by atoms with Crippen molar-refractivity contribution >= 4 is 31.9 Å². The fourth-order valence-electron chi connectivity index (χ4n) is 2.56. The first kappa shape index (κ1) is 15.3. The van der Waals surface area contributed by atoms with Crippen LogP contribution in [0, 0.1) is 0 Å². The van der Waals surface area contributed by atoms with Crippen LogP contribution in [0.25, 0.3) is 0 Å². The quantitative estimate of drug-likeness (QED) is 0.804. The molecule has 2 rings (SSSR count). The molecule has 0 heterocycles. The number of aliphatic hydroxyl groups is 1. The highest BCUT2D eigenvalue weighted by Gasteiger charge is 2.30. The van der Waals surface area contributed by atoms with Crippen LogP contribution in [-0.2, 0) is 6.54 Å². The zero-order valence-electron chi connectivity index (χ0n) is 11.0. The molecule has 1 aromatic rings. The molecule has 0 bridgehead atoms. The molecule has 1 aliphatic carbocycles. The fourth-order valence-corrected chi connectivity index (χ4v) is 4.16. The van der Waals surface area contributed by atoms with Gasteiger partial charge in [-0.25, -0.2) is 0 Å². The van der Waals surface area contributed by atoms with Crippen molar-refractivity contribution in [2.45, 2.75) is 37.8 Å². The van der Waals surface area contributed by atoms with Crippen molar-refractivity contribution in [2.24, 2.45) is 0 Å². The van der Waals surface area contributed by atoms with Crippen LogP contribution in [0.4, 0.5) is 0 Å². The number of hydrogen-bond donors (Lipinski definition) is 2. The number of halogens is 2. The zero-order valence-corrected chi connectivity index (χ0v) is 14.2. The topological polar surface area (TPSA) is 41.5 Å². The molecule has 0 aromatic heterocycles. The van der Waals surface area contributed by atoms with Gasteiger partial charge in [0.25, 0.3) is 0 Å². The van der Waals surface area contributed by atoms with Crippen LogP contribution < -0.4 is 10.1 Å². The Morgan fingerprint density at radius 2 is 1.84 bits per heavy atom. The molecule has 0 radical (unpaired) electrons. The van der Waals surface area contributed by atoms with Gasteiger partial charge in [-0.15, -0.1) is 0 Å². The number of rotatable bonds is 5. The van der Waals surface area contributed by atoms with E-state index in [0.717, 1.165) is 52.5 Å². The predicted molar refractivity (Wildman–Crippen MR) is 83.5 cm³/mol. The maximum Gasteiger partial charge on any atom is 0.147 e. The summed E-state index contributed by atoms with van der Waals surface area (Å²) < 4.78 is 7.14. The minimum atomic E-state index is -0.499. The lowest BCUT2D eigenvalue weighted by Crippen LogP contribution is -2.37. The number of nitrogens with one attached hydrogen (secondary N) is 1. The Bertz CT molecular complexity index is 422. The van der Waals surface area contributed by atoms with Gasteiger partial charge in [0.1, 0.15) is 5.75 Å². The van der Waals surface area contributed by atoms with Gasteiger partial charge in [-0.1, -0.05) is 12.8 Å². The van der Waals surface area contributed by atoms with Crippen molar-refractivity contribution in [3.8, 4) is 5.75 Å². The van der Waals surface area contributed by atoms with Crippen molar-refractivity contribution in [2.75, 3.05) is 13.7 Å². The van der Waals surface area contributed by atoms with E-state index < -0.39 is 5.60 Å². The summed E-state index contributed by atoms with van der Waals surface area (Å²) in [6.45, 7) is 1.40. The molecule has 106 valence electrons. The Kier molecular flexibility index (Phi) is 5.29. The molecule has 2 N–H and O–H groups in total. The summed E-state index contributed by atoms with van der Waals surface area (Å²) in [5.74, 6) is 0.804. The monoisotopic (exact) mass is 391 g/mol. The van der Waals surface area contributed by atoms with E-state index in [0.29, 0.717) is 6.54 Å². The molecule has 0 saturated heterocycles. The van der Waals surface area contributed by atoms with Gasteiger partial charge >= 0.3 is 0 Å². The van der Waals surface area contributed by atoms with E-state index in [2.05, 4.69) is 37.2 Å². The van der Waals surface area contributed by atoms with E-state index in [-0.39, 0.29) is 0 Å². The fraction of sp³-hybridized carbons (Fsp3) is 0.571. The van der Waals surface area contributed by atoms with Crippen molar-refractivity contribution in [3.05, 3.63) is 26.6 Å². The third kappa shape index (κ3) is 3.94. The number of benzene rings is 1. The Hall–Kier alpha value is -0.100. The third-order valence-corrected chi connectivity index (χ3v) is 4.76. The smallest absolute Gasteiger partial charge is 0.147 e. The van der Waals surface area contributed by atoms with Crippen molar-refractivity contribution in [1.82, 2.24) is 5.32 Å². The van der Waals surface area contributed by atoms with Gasteiger partial charge in [0, 0.05) is 13.1 Å². The third-order valence-electron chi connectivity index (χ3n) is 3.58. The zero-order chi connectivity index (χ0) is 13.9. The lowest BCUT2D eigenvalue weighted by molar-refractivity contribution is 0.0475. The van der Waals surface area contributed by atoms with Crippen LogP contribution in [0.1, 0.15) is 31.2 Å². The van der Waals surface area contributed by atoms with Crippen LogP contribution in [0.2, 0.25) is 0 Å². The van der Waals surface area contributed by atoms with Gasteiger partial charge in [0.15, 0.2) is 0 Å². The van der Waals surface area contributed by atoms with E-state index in [1.54, 1.807) is 7.11 Å². The second-order valence-electron chi connectivity index (χ2n) is 5.13. The van der Waals surface area contributed by atoms with Gasteiger partial charge in [0.2, 0.25) is 0 Å². The number of methoxy groups -OCH3 is 1. The number of ether oxygens (including phenoxy) is 1. The van der Waals surface area contributed by atoms with Gasteiger partial charge in [0.05, 0.1) is 21.7 Å². The van der Waals surface area contributed by atoms with E-state index in [9.17, 15) is 5.11 Å². The Labute approximate surface area is 131 Å². The van der Waals surface area contributed by atoms with Gasteiger partial charge in [-0.05, 0) is 62.4 Å². The Morgan fingerprint density at radius 1 is 1.26 bits per heavy atom. The van der Waals surface area contributed by atoms with Crippen LogP contribution in [0.3, 0.4) is 0 Å². The van der Waals surface area contributed by atoms with Crippen molar-refractivity contribution in [1.29, 1.82) is 0 Å². The molecule has 0 spiro atoms. The van der Waals surface area contributed by atoms with Crippen LogP contribution >= 0.6 is 31.9 Å². The molecule has 1 aromatic carbocycles. The summed E-state index contributed by atoms with van der Waals surface area (Å²) in [6.07, 6.45) is 4.10. The molecule has 0 amide bonds. The molecule has 0 aliphatic heterocycles. The van der Waals surface area contributed by atoms with Gasteiger partial charge < -0.3 is 15.2 Å². The summed E-state index contributed by atoms with van der Waals surface area (Å²) >= 11 is 6.99. The largest absolute Gasteiger partial charge is 0.494 e. The molecule has 0 atom stereocenters. The van der Waals surface area contributed by atoms with Gasteiger partial charge in [-0.2, -0.15) is 0 Å². The predicted octanol–water partition coefficient (Wildman–Crippen LogP) is 3.61. The minimum absolute atomic E-state index is 0.499. The molecule has 1 aliphatic rings. The molecule has 1 saturated carbocycles. The molecular formula is C14H19Br2NO2. The lowest BCUT2D eigenvalue weighted by Gasteiger charge is -2.22. The molecular weight excluding hydrogens is 374 g/mol. The SMILES string of the molecule is COc1c(Br)cc(CNCC2(O)CCCC2)cc1Br. The first-order chi connectivity index (χ1) is 9.04. The summed E-state index contributed by atoms with van der Waals surface area (Å²) in [7, 11) is 1.65. The van der Waals surface area contributed by atoms with Gasteiger partial charge in [-0.3, -0.25) is 0 Å². The summed E-state index contributed by atoms with van der Waals surface area (Å²) in [4.78, 5) is 0. The highest BCUT2D eigenvalue weighted by molar-refractivity contribution is 9.11. The molecule has 3 nitrogen and oxygen atoms in total. The number of hydrogen-bond acceptors (Lipinski definition) is 3. The summed E-state index contributed by atoms with van der Waals surface area (Å²) in [5, 5.41) is 13.6. The average molecular weight is 393 g/mol. The minimum Gasteiger partial charge on any atom is -0.494 e. The van der Waals surface area contributed by atoms with Crippen LogP contribution in [-0.4, -0.2) is 24.4 Å². The molecule has 1 fully saturated rings. The summed E-state index contributed by atoms with van der Waals surface area (Å²) in [6, 6.07) is 4.07. The molecule has 19 heavy (non-hydrogen) atoms. The molecule has 0 unspecified atom stereocenters. The Morgan fingerprint density at radius 3 is 2.37 bits per heavy atom. The summed E-state index contributed by atoms with van der Waals surface area (Å²) in [5.41, 5.74) is 0.655. The second-order valence-corrected chi connectivity index (χ2v) is 6.84. The average Bonchev–Trinajstić information content (AvgIpc) is 2.76. The normalized spacial score (nSPS) is 17.7. The highest BCUT2D eigenvalue weighted by Crippen LogP contribution is 2.34. The second kappa shape index (κ2) is 6.57. The van der Waals surface area contributed by atoms with Crippen molar-refractivity contribution < 1.29 is 9.84 Å². The maximum atomic E-state index is 10.3. The highest BCUT2D eigenvalue weighted by atomic mass is 79.9. The van der Waals surface area contributed by atoms with E-state index in [4.69, 9.17) is 4.74 Å². The lowest BCUT2D eigenvalue weighted by atomic mass is 10.0. The van der Waals surface area contributed by atoms with E-state index in [1.807, 2.05) is 12.1 Å². The van der Waals surface area contributed by atoms with E-state index >= 15 is 0 Å². The molecule has 5 heteroatoms. The van der Waals surface area contributed by atoms with Crippen molar-refractivity contribution in [3.63, 3.8) is 0 Å².